The first-order valence-corrected chi connectivity index (χ1v) is 10.1. The molecule has 0 radical (unpaired) electrons. The fourth-order valence-corrected chi connectivity index (χ4v) is 2.63. The van der Waals surface area contributed by atoms with Crippen LogP contribution in [0, 0.1) is 0 Å². The van der Waals surface area contributed by atoms with Gasteiger partial charge in [0.15, 0.2) is 0 Å². The summed E-state index contributed by atoms with van der Waals surface area (Å²) in [5.74, 6) is -0.0189. The zero-order valence-electron chi connectivity index (χ0n) is 15.8. The summed E-state index contributed by atoms with van der Waals surface area (Å²) < 4.78 is 5.07. The molecule has 0 amide bonds. The van der Waals surface area contributed by atoms with E-state index in [4.69, 9.17) is 4.74 Å². The Hall–Kier alpha value is -0.790. The molecule has 2 nitrogen and oxygen atoms in total. The monoisotopic (exact) mass is 324 g/mol. The van der Waals surface area contributed by atoms with Crippen molar-refractivity contribution in [1.29, 1.82) is 0 Å². The average Bonchev–Trinajstić information content (AvgIpc) is 2.56. The summed E-state index contributed by atoms with van der Waals surface area (Å²) in [5, 5.41) is 0. The highest BCUT2D eigenvalue weighted by Crippen LogP contribution is 2.11. The lowest BCUT2D eigenvalue weighted by Gasteiger charge is -2.03. The van der Waals surface area contributed by atoms with Crippen molar-refractivity contribution in [2.45, 2.75) is 110 Å². The van der Waals surface area contributed by atoms with Gasteiger partial charge in [0.1, 0.15) is 0 Å². The quantitative estimate of drug-likeness (QED) is 0.164. The van der Waals surface area contributed by atoms with Gasteiger partial charge in [-0.3, -0.25) is 4.79 Å². The molecule has 0 rings (SSSR count). The fourth-order valence-electron chi connectivity index (χ4n) is 2.63. The van der Waals surface area contributed by atoms with Gasteiger partial charge in [-0.2, -0.15) is 0 Å². The largest absolute Gasteiger partial charge is 0.466 e. The topological polar surface area (TPSA) is 26.3 Å². The molecular weight excluding hydrogens is 284 g/mol. The van der Waals surface area contributed by atoms with Crippen LogP contribution in [0.25, 0.3) is 0 Å². The molecule has 0 saturated heterocycles. The SMILES string of the molecule is CCCCC/C=C\CCCCCCCCCCC(=O)OCCC. The number of rotatable bonds is 17. The zero-order chi connectivity index (χ0) is 17.0. The number of esters is 1. The molecule has 0 bridgehead atoms. The first-order valence-electron chi connectivity index (χ1n) is 10.1. The van der Waals surface area contributed by atoms with Crippen molar-refractivity contribution in [3.8, 4) is 0 Å². The third-order valence-corrected chi connectivity index (χ3v) is 4.11. The number of hydrogen-bond acceptors (Lipinski definition) is 2. The molecule has 0 aliphatic rings. The van der Waals surface area contributed by atoms with Gasteiger partial charge in [-0.05, 0) is 38.5 Å². The molecule has 0 aliphatic heterocycles. The summed E-state index contributed by atoms with van der Waals surface area (Å²) >= 11 is 0. The van der Waals surface area contributed by atoms with E-state index in [1.165, 1.54) is 77.0 Å². The molecule has 0 aliphatic carbocycles. The van der Waals surface area contributed by atoms with Crippen LogP contribution in [0.1, 0.15) is 110 Å². The summed E-state index contributed by atoms with van der Waals surface area (Å²) in [6, 6.07) is 0. The summed E-state index contributed by atoms with van der Waals surface area (Å²) in [6.45, 7) is 4.86. The van der Waals surface area contributed by atoms with E-state index in [0.717, 1.165) is 12.8 Å². The van der Waals surface area contributed by atoms with Crippen LogP contribution in [0.4, 0.5) is 0 Å². The molecule has 23 heavy (non-hydrogen) atoms. The number of allylic oxidation sites excluding steroid dienone is 2. The van der Waals surface area contributed by atoms with Crippen molar-refractivity contribution in [2.75, 3.05) is 6.61 Å². The second kappa shape index (κ2) is 19.3. The Morgan fingerprint density at radius 1 is 0.696 bits per heavy atom. The van der Waals surface area contributed by atoms with Crippen molar-refractivity contribution in [2.24, 2.45) is 0 Å². The number of carbonyl (C=O) groups is 1. The summed E-state index contributed by atoms with van der Waals surface area (Å²) in [7, 11) is 0. The predicted molar refractivity (Wildman–Crippen MR) is 101 cm³/mol. The normalized spacial score (nSPS) is 11.2. The minimum absolute atomic E-state index is 0.0189. The lowest BCUT2D eigenvalue weighted by Crippen LogP contribution is -2.04. The Labute approximate surface area is 145 Å². The zero-order valence-corrected chi connectivity index (χ0v) is 15.8. The molecule has 0 aromatic carbocycles. The molecule has 0 N–H and O–H groups in total. The first-order chi connectivity index (χ1) is 11.3. The Morgan fingerprint density at radius 2 is 1.22 bits per heavy atom. The highest BCUT2D eigenvalue weighted by atomic mass is 16.5. The molecule has 0 aromatic heterocycles. The van der Waals surface area contributed by atoms with Crippen LogP contribution >= 0.6 is 0 Å². The second-order valence-corrected chi connectivity index (χ2v) is 6.55. The summed E-state index contributed by atoms with van der Waals surface area (Å²) in [6.07, 6.45) is 23.0. The van der Waals surface area contributed by atoms with Crippen LogP contribution in [0.5, 0.6) is 0 Å². The molecule has 0 fully saturated rings. The molecule has 136 valence electrons. The van der Waals surface area contributed by atoms with Gasteiger partial charge in [0.25, 0.3) is 0 Å². The Bertz CT molecular complexity index is 271. The maximum atomic E-state index is 11.3. The number of hydrogen-bond donors (Lipinski definition) is 0. The third-order valence-electron chi connectivity index (χ3n) is 4.11. The van der Waals surface area contributed by atoms with Gasteiger partial charge in [-0.25, -0.2) is 0 Å². The molecule has 0 atom stereocenters. The van der Waals surface area contributed by atoms with Crippen LogP contribution < -0.4 is 0 Å². The molecule has 2 heteroatoms. The standard InChI is InChI=1S/C21H40O2/c1-3-5-6-7-8-9-10-11-12-13-14-15-16-17-18-19-21(22)23-20-4-2/h8-9H,3-7,10-20H2,1-2H3/b9-8-. The van der Waals surface area contributed by atoms with Crippen molar-refractivity contribution < 1.29 is 9.53 Å². The van der Waals surface area contributed by atoms with Gasteiger partial charge in [0.05, 0.1) is 6.61 Å². The molecular formula is C21H40O2. The lowest BCUT2D eigenvalue weighted by atomic mass is 10.1. The van der Waals surface area contributed by atoms with E-state index in [2.05, 4.69) is 19.1 Å². The smallest absolute Gasteiger partial charge is 0.305 e. The number of ether oxygens (including phenoxy) is 1. The lowest BCUT2D eigenvalue weighted by molar-refractivity contribution is -0.143. The molecule has 0 saturated carbocycles. The molecule has 0 heterocycles. The molecule has 0 spiro atoms. The second-order valence-electron chi connectivity index (χ2n) is 6.55. The summed E-state index contributed by atoms with van der Waals surface area (Å²) in [4.78, 5) is 11.3. The Kier molecular flexibility index (Phi) is 18.6. The van der Waals surface area contributed by atoms with Crippen molar-refractivity contribution in [3.05, 3.63) is 12.2 Å². The number of carbonyl (C=O) groups excluding carboxylic acids is 1. The van der Waals surface area contributed by atoms with E-state index in [1.54, 1.807) is 0 Å². The minimum atomic E-state index is -0.0189. The van der Waals surface area contributed by atoms with Crippen LogP contribution in [-0.2, 0) is 9.53 Å². The van der Waals surface area contributed by atoms with E-state index in [-0.39, 0.29) is 5.97 Å². The van der Waals surface area contributed by atoms with E-state index in [9.17, 15) is 4.79 Å². The predicted octanol–water partition coefficient (Wildman–Crippen LogP) is 6.98. The average molecular weight is 325 g/mol. The van der Waals surface area contributed by atoms with Crippen molar-refractivity contribution in [1.82, 2.24) is 0 Å². The third kappa shape index (κ3) is 19.2. The van der Waals surface area contributed by atoms with E-state index >= 15 is 0 Å². The first kappa shape index (κ1) is 22.2. The van der Waals surface area contributed by atoms with Crippen LogP contribution in [-0.4, -0.2) is 12.6 Å². The minimum Gasteiger partial charge on any atom is -0.466 e. The fraction of sp³-hybridized carbons (Fsp3) is 0.857. The van der Waals surface area contributed by atoms with E-state index in [0.29, 0.717) is 13.0 Å². The van der Waals surface area contributed by atoms with Gasteiger partial charge in [-0.1, -0.05) is 77.4 Å². The Balaban J connectivity index is 3.12. The van der Waals surface area contributed by atoms with Crippen LogP contribution in [0.2, 0.25) is 0 Å². The molecule has 0 aromatic rings. The van der Waals surface area contributed by atoms with Gasteiger partial charge in [0, 0.05) is 6.42 Å². The van der Waals surface area contributed by atoms with Crippen LogP contribution in [0.3, 0.4) is 0 Å². The highest BCUT2D eigenvalue weighted by molar-refractivity contribution is 5.69. The van der Waals surface area contributed by atoms with Gasteiger partial charge >= 0.3 is 5.97 Å². The number of unbranched alkanes of at least 4 members (excludes halogenated alkanes) is 11. The van der Waals surface area contributed by atoms with Gasteiger partial charge < -0.3 is 4.74 Å². The van der Waals surface area contributed by atoms with Crippen molar-refractivity contribution in [3.63, 3.8) is 0 Å². The van der Waals surface area contributed by atoms with Crippen LogP contribution in [0.15, 0.2) is 12.2 Å². The highest BCUT2D eigenvalue weighted by Gasteiger charge is 2.01. The van der Waals surface area contributed by atoms with Gasteiger partial charge in [-0.15, -0.1) is 0 Å². The molecule has 0 unspecified atom stereocenters. The summed E-state index contributed by atoms with van der Waals surface area (Å²) in [5.41, 5.74) is 0. The maximum absolute atomic E-state index is 11.3. The van der Waals surface area contributed by atoms with E-state index in [1.807, 2.05) is 6.92 Å². The van der Waals surface area contributed by atoms with Gasteiger partial charge in [0.2, 0.25) is 0 Å². The maximum Gasteiger partial charge on any atom is 0.305 e. The van der Waals surface area contributed by atoms with E-state index < -0.39 is 0 Å². The Morgan fingerprint density at radius 3 is 1.78 bits per heavy atom. The van der Waals surface area contributed by atoms with Crippen molar-refractivity contribution >= 4 is 5.97 Å².